The number of carbonyl (C=O) groups is 1. The van der Waals surface area contributed by atoms with Crippen LogP contribution in [0.2, 0.25) is 0 Å². The minimum absolute atomic E-state index is 0.0417. The van der Waals surface area contributed by atoms with Gasteiger partial charge in [0.2, 0.25) is 0 Å². The Morgan fingerprint density at radius 2 is 2.05 bits per heavy atom. The third-order valence-corrected chi connectivity index (χ3v) is 2.97. The third kappa shape index (κ3) is 9.10. The van der Waals surface area contributed by atoms with Crippen LogP contribution in [0.3, 0.4) is 0 Å². The Kier molecular flexibility index (Phi) is 9.89. The number of hydrogen-bond donors (Lipinski definition) is 1. The molecule has 1 atom stereocenters. The smallest absolute Gasteiger partial charge is 0.423 e. The topological polar surface area (TPSA) is 70.8 Å². The zero-order valence-electron chi connectivity index (χ0n) is 13.3. The zero-order chi connectivity index (χ0) is 16.5. The third-order valence-electron chi connectivity index (χ3n) is 2.66. The summed E-state index contributed by atoms with van der Waals surface area (Å²) in [6.07, 6.45) is 1.98. The van der Waals surface area contributed by atoms with Crippen LogP contribution in [0, 0.1) is 5.41 Å². The predicted molar refractivity (Wildman–Crippen MR) is 92.2 cm³/mol. The van der Waals surface area contributed by atoms with Crippen LogP contribution in [0.15, 0.2) is 24.0 Å². The van der Waals surface area contributed by atoms with E-state index in [1.807, 2.05) is 56.4 Å². The molecule has 0 heterocycles. The van der Waals surface area contributed by atoms with Gasteiger partial charge < -0.3 is 19.9 Å². The minimum atomic E-state index is -0.739. The second kappa shape index (κ2) is 10.2. The molecule has 1 unspecified atom stereocenters. The Labute approximate surface area is 141 Å². The predicted octanol–water partition coefficient (Wildman–Crippen LogP) is 3.77. The quantitative estimate of drug-likeness (QED) is 0.217. The molecule has 6 heteroatoms. The summed E-state index contributed by atoms with van der Waals surface area (Å²) in [5, 5.41) is 0. The molecule has 0 radical (unpaired) electrons. The molecule has 0 aromatic carbocycles. The lowest BCUT2D eigenvalue weighted by molar-refractivity contribution is 0.0736. The molecule has 0 spiro atoms. The molecule has 0 rings (SSSR count). The molecule has 0 saturated heterocycles. The Balaban J connectivity index is 4.80. The Morgan fingerprint density at radius 3 is 2.52 bits per heavy atom. The summed E-state index contributed by atoms with van der Waals surface area (Å²) in [6.45, 7) is 12.9. The van der Waals surface area contributed by atoms with Crippen molar-refractivity contribution in [2.45, 2.75) is 40.2 Å². The summed E-state index contributed by atoms with van der Waals surface area (Å²) in [7, 11) is 0. The lowest BCUT2D eigenvalue weighted by Crippen LogP contribution is -2.18. The van der Waals surface area contributed by atoms with Gasteiger partial charge in [-0.3, -0.25) is 0 Å². The highest BCUT2D eigenvalue weighted by atomic mass is 127. The van der Waals surface area contributed by atoms with E-state index in [-0.39, 0.29) is 16.1 Å². The van der Waals surface area contributed by atoms with E-state index in [0.717, 1.165) is 5.57 Å². The van der Waals surface area contributed by atoms with Crippen LogP contribution in [0.1, 0.15) is 34.1 Å². The van der Waals surface area contributed by atoms with Crippen molar-refractivity contribution in [3.63, 3.8) is 0 Å². The molecular formula is C15H26INO4. The van der Waals surface area contributed by atoms with Gasteiger partial charge in [-0.1, -0.05) is 33.4 Å². The van der Waals surface area contributed by atoms with E-state index in [2.05, 4.69) is 6.58 Å². The van der Waals surface area contributed by atoms with E-state index < -0.39 is 6.16 Å². The Morgan fingerprint density at radius 1 is 1.43 bits per heavy atom. The lowest BCUT2D eigenvalue weighted by atomic mass is 9.84. The van der Waals surface area contributed by atoms with E-state index in [0.29, 0.717) is 25.3 Å². The van der Waals surface area contributed by atoms with Crippen molar-refractivity contribution in [3.8, 4) is 0 Å². The SMILES string of the molecule is C=C(OC(=O)OCI)/C(=C\CC(C)OCCN)C(C)(C)C. The fourth-order valence-electron chi connectivity index (χ4n) is 1.69. The van der Waals surface area contributed by atoms with Crippen molar-refractivity contribution in [1.82, 2.24) is 0 Å². The molecule has 2 N–H and O–H groups in total. The molecule has 21 heavy (non-hydrogen) atoms. The van der Waals surface area contributed by atoms with Crippen molar-refractivity contribution in [2.75, 3.05) is 17.8 Å². The summed E-state index contributed by atoms with van der Waals surface area (Å²) in [5.41, 5.74) is 6.07. The van der Waals surface area contributed by atoms with Crippen LogP contribution < -0.4 is 5.73 Å². The first-order chi connectivity index (χ1) is 9.72. The molecule has 0 aliphatic carbocycles. The highest BCUT2D eigenvalue weighted by Gasteiger charge is 2.23. The standard InChI is InChI=1S/C15H26INO4/c1-11(19-9-8-17)6-7-13(15(3,4)5)12(2)21-14(18)20-10-16/h7,11H,2,6,8-10,17H2,1,3-5H3/b13-7+. The number of rotatable bonds is 8. The van der Waals surface area contributed by atoms with Crippen LogP contribution in [-0.4, -0.2) is 30.0 Å². The molecule has 5 nitrogen and oxygen atoms in total. The summed E-state index contributed by atoms with van der Waals surface area (Å²) in [4.78, 5) is 11.4. The zero-order valence-corrected chi connectivity index (χ0v) is 15.4. The van der Waals surface area contributed by atoms with Gasteiger partial charge in [0.1, 0.15) is 10.4 Å². The average molecular weight is 411 g/mol. The maximum atomic E-state index is 11.4. The second-order valence-corrected chi connectivity index (χ2v) is 6.23. The normalized spacial score (nSPS) is 13.7. The number of allylic oxidation sites excluding steroid dienone is 1. The Bertz CT molecular complexity index is 374. The molecule has 0 aromatic heterocycles. The van der Waals surface area contributed by atoms with Gasteiger partial charge >= 0.3 is 6.16 Å². The highest BCUT2D eigenvalue weighted by molar-refractivity contribution is 14.1. The Hall–Kier alpha value is -0.600. The van der Waals surface area contributed by atoms with Gasteiger partial charge in [-0.05, 0) is 46.9 Å². The number of alkyl halides is 1. The number of hydrogen-bond acceptors (Lipinski definition) is 5. The van der Waals surface area contributed by atoms with Gasteiger partial charge in [0, 0.05) is 6.54 Å². The van der Waals surface area contributed by atoms with Crippen molar-refractivity contribution >= 4 is 28.7 Å². The summed E-state index contributed by atoms with van der Waals surface area (Å²) >= 11 is 1.93. The first-order valence-corrected chi connectivity index (χ1v) is 8.37. The van der Waals surface area contributed by atoms with Crippen molar-refractivity contribution in [1.29, 1.82) is 0 Å². The van der Waals surface area contributed by atoms with E-state index in [9.17, 15) is 4.79 Å². The van der Waals surface area contributed by atoms with Gasteiger partial charge in [0.05, 0.1) is 12.7 Å². The molecule has 0 aromatic rings. The largest absolute Gasteiger partial charge is 0.514 e. The summed E-state index contributed by atoms with van der Waals surface area (Å²) in [6, 6.07) is 0. The van der Waals surface area contributed by atoms with Crippen LogP contribution >= 0.6 is 22.6 Å². The van der Waals surface area contributed by atoms with E-state index in [4.69, 9.17) is 19.9 Å². The van der Waals surface area contributed by atoms with Gasteiger partial charge in [-0.25, -0.2) is 4.79 Å². The minimum Gasteiger partial charge on any atom is -0.423 e. The maximum absolute atomic E-state index is 11.4. The monoisotopic (exact) mass is 411 g/mol. The van der Waals surface area contributed by atoms with Gasteiger partial charge in [0.25, 0.3) is 0 Å². The molecule has 0 bridgehead atoms. The lowest BCUT2D eigenvalue weighted by Gasteiger charge is -2.24. The molecule has 122 valence electrons. The van der Waals surface area contributed by atoms with Crippen molar-refractivity contribution in [2.24, 2.45) is 11.1 Å². The fourth-order valence-corrected chi connectivity index (χ4v) is 1.94. The van der Waals surface area contributed by atoms with Crippen molar-refractivity contribution < 1.29 is 19.0 Å². The molecular weight excluding hydrogens is 385 g/mol. The maximum Gasteiger partial charge on any atom is 0.514 e. The molecule has 0 saturated carbocycles. The number of nitrogens with two attached hydrogens (primary N) is 1. The molecule has 0 fully saturated rings. The van der Waals surface area contributed by atoms with E-state index >= 15 is 0 Å². The van der Waals surface area contributed by atoms with Gasteiger partial charge in [-0.2, -0.15) is 0 Å². The second-order valence-electron chi connectivity index (χ2n) is 5.60. The molecule has 0 amide bonds. The first-order valence-electron chi connectivity index (χ1n) is 6.84. The summed E-state index contributed by atoms with van der Waals surface area (Å²) < 4.78 is 15.6. The van der Waals surface area contributed by atoms with Crippen LogP contribution in [-0.2, 0) is 14.2 Å². The highest BCUT2D eigenvalue weighted by Crippen LogP contribution is 2.32. The fraction of sp³-hybridized carbons (Fsp3) is 0.667. The van der Waals surface area contributed by atoms with Crippen molar-refractivity contribution in [3.05, 3.63) is 24.0 Å². The first kappa shape index (κ1) is 20.4. The van der Waals surface area contributed by atoms with Gasteiger partial charge in [0.15, 0.2) is 0 Å². The van der Waals surface area contributed by atoms with Crippen LogP contribution in [0.5, 0.6) is 0 Å². The molecule has 0 aliphatic rings. The van der Waals surface area contributed by atoms with Crippen LogP contribution in [0.4, 0.5) is 4.79 Å². The van der Waals surface area contributed by atoms with E-state index in [1.54, 1.807) is 0 Å². The number of halogens is 1. The number of carbonyl (C=O) groups excluding carboxylic acids is 1. The summed E-state index contributed by atoms with van der Waals surface area (Å²) in [5.74, 6) is 0.309. The average Bonchev–Trinajstić information content (AvgIpc) is 2.34. The molecule has 0 aliphatic heterocycles. The van der Waals surface area contributed by atoms with Crippen LogP contribution in [0.25, 0.3) is 0 Å². The number of ether oxygens (including phenoxy) is 3. The van der Waals surface area contributed by atoms with E-state index in [1.165, 1.54) is 0 Å². The van der Waals surface area contributed by atoms with Gasteiger partial charge in [-0.15, -0.1) is 0 Å².